The fraction of sp³-hybridized carbons (Fsp3) is 0.235. The predicted octanol–water partition coefficient (Wildman–Crippen LogP) is 4.28. The van der Waals surface area contributed by atoms with Gasteiger partial charge in [-0.3, -0.25) is 4.90 Å². The Morgan fingerprint density at radius 3 is 1.95 bits per heavy atom. The van der Waals surface area contributed by atoms with Gasteiger partial charge in [-0.1, -0.05) is 84.6 Å². The predicted molar refractivity (Wildman–Crippen MR) is 94.1 cm³/mol. The van der Waals surface area contributed by atoms with Crippen LogP contribution in [0.5, 0.6) is 0 Å². The van der Waals surface area contributed by atoms with Crippen molar-refractivity contribution in [2.24, 2.45) is 0 Å². The van der Waals surface area contributed by atoms with Gasteiger partial charge in [0.25, 0.3) is 0 Å². The molecule has 0 N–H and O–H groups in total. The minimum absolute atomic E-state index is 0.171. The number of hydrogen-bond donors (Lipinski definition) is 0. The third-order valence-electron chi connectivity index (χ3n) is 3.81. The van der Waals surface area contributed by atoms with Crippen LogP contribution in [0.1, 0.15) is 22.7 Å². The van der Waals surface area contributed by atoms with Crippen LogP contribution in [0, 0.1) is 0 Å². The van der Waals surface area contributed by atoms with Crippen molar-refractivity contribution in [2.45, 2.75) is 11.5 Å². The van der Waals surface area contributed by atoms with Crippen molar-refractivity contribution in [1.82, 2.24) is 9.80 Å². The van der Waals surface area contributed by atoms with Gasteiger partial charge in [0.1, 0.15) is 10.5 Å². The molecule has 108 valence electrons. The first-order valence-corrected chi connectivity index (χ1v) is 8.22. The molecule has 21 heavy (non-hydrogen) atoms. The number of hydrogen-bond acceptors (Lipinski definition) is 3. The lowest BCUT2D eigenvalue weighted by atomic mass is 10.1. The summed E-state index contributed by atoms with van der Waals surface area (Å²) >= 11 is 7.34. The van der Waals surface area contributed by atoms with Crippen LogP contribution in [0.15, 0.2) is 60.7 Å². The highest BCUT2D eigenvalue weighted by molar-refractivity contribution is 8.23. The van der Waals surface area contributed by atoms with Gasteiger partial charge < -0.3 is 4.90 Å². The van der Waals surface area contributed by atoms with Crippen LogP contribution in [0.2, 0.25) is 0 Å². The first-order valence-electron chi connectivity index (χ1n) is 6.94. The van der Waals surface area contributed by atoms with Crippen LogP contribution in [-0.4, -0.2) is 28.2 Å². The number of thioether (sulfide) groups is 1. The molecule has 0 unspecified atom stereocenters. The molecule has 1 saturated heterocycles. The van der Waals surface area contributed by atoms with E-state index in [-0.39, 0.29) is 11.5 Å². The lowest BCUT2D eigenvalue weighted by molar-refractivity contribution is 0.122. The number of nitrogens with zero attached hydrogens (tertiary/aromatic N) is 2. The summed E-state index contributed by atoms with van der Waals surface area (Å²) in [4.78, 5) is 4.56. The van der Waals surface area contributed by atoms with Gasteiger partial charge in [-0.15, -0.1) is 0 Å². The molecule has 2 nitrogen and oxygen atoms in total. The molecule has 1 aliphatic heterocycles. The van der Waals surface area contributed by atoms with E-state index >= 15 is 0 Å². The van der Waals surface area contributed by atoms with Crippen LogP contribution in [-0.2, 0) is 0 Å². The maximum Gasteiger partial charge on any atom is 0.139 e. The fourth-order valence-electron chi connectivity index (χ4n) is 2.77. The van der Waals surface area contributed by atoms with E-state index in [1.807, 2.05) is 6.07 Å². The second-order valence-corrected chi connectivity index (χ2v) is 6.92. The zero-order valence-electron chi connectivity index (χ0n) is 12.1. The molecule has 0 amide bonds. The Morgan fingerprint density at radius 2 is 1.38 bits per heavy atom. The van der Waals surface area contributed by atoms with Crippen molar-refractivity contribution in [3.8, 4) is 0 Å². The van der Waals surface area contributed by atoms with Gasteiger partial charge in [-0.2, -0.15) is 0 Å². The highest BCUT2D eigenvalue weighted by atomic mass is 32.2. The minimum Gasteiger partial charge on any atom is -0.341 e. The van der Waals surface area contributed by atoms with Gasteiger partial charge in [0, 0.05) is 7.05 Å². The van der Waals surface area contributed by atoms with Crippen molar-refractivity contribution >= 4 is 28.3 Å². The smallest absolute Gasteiger partial charge is 0.139 e. The third-order valence-corrected chi connectivity index (χ3v) is 5.70. The summed E-state index contributed by atoms with van der Waals surface area (Å²) in [5.41, 5.74) is 2.56. The van der Waals surface area contributed by atoms with Crippen molar-refractivity contribution in [2.75, 3.05) is 14.1 Å². The van der Waals surface area contributed by atoms with E-state index in [1.165, 1.54) is 11.1 Å². The second-order valence-electron chi connectivity index (χ2n) is 5.21. The van der Waals surface area contributed by atoms with Crippen molar-refractivity contribution < 1.29 is 0 Å². The molecule has 2 aromatic carbocycles. The molecular weight excluding hydrogens is 296 g/mol. The molecule has 4 heteroatoms. The van der Waals surface area contributed by atoms with Gasteiger partial charge in [0.15, 0.2) is 0 Å². The summed E-state index contributed by atoms with van der Waals surface area (Å²) in [7, 11) is 4.24. The molecule has 1 heterocycles. The van der Waals surface area contributed by atoms with E-state index in [1.54, 1.807) is 11.8 Å². The molecule has 0 aliphatic carbocycles. The average Bonchev–Trinajstić information content (AvgIpc) is 2.53. The van der Waals surface area contributed by atoms with Crippen molar-refractivity contribution in [3.63, 3.8) is 0 Å². The van der Waals surface area contributed by atoms with Crippen LogP contribution in [0.4, 0.5) is 0 Å². The summed E-state index contributed by atoms with van der Waals surface area (Å²) in [5, 5.41) is 0.250. The number of rotatable bonds is 2. The number of benzene rings is 2. The zero-order valence-corrected chi connectivity index (χ0v) is 13.8. The van der Waals surface area contributed by atoms with E-state index in [9.17, 15) is 0 Å². The Hall–Kier alpha value is -1.36. The zero-order chi connectivity index (χ0) is 14.8. The maximum atomic E-state index is 5.60. The van der Waals surface area contributed by atoms with Crippen LogP contribution in [0.3, 0.4) is 0 Å². The SMILES string of the molecule is CN1C(=S)S[C@@H](c2ccccc2)N(C)[C@@H]1c1ccccc1. The molecular formula is C17H18N2S2. The molecule has 2 aromatic rings. The molecule has 0 aromatic heterocycles. The van der Waals surface area contributed by atoms with Gasteiger partial charge >= 0.3 is 0 Å². The summed E-state index contributed by atoms with van der Waals surface area (Å²) in [5.74, 6) is 0. The third kappa shape index (κ3) is 2.84. The van der Waals surface area contributed by atoms with Crippen molar-refractivity contribution in [1.29, 1.82) is 0 Å². The Kier molecular flexibility index (Phi) is 4.29. The summed E-state index contributed by atoms with van der Waals surface area (Å²) in [6, 6.07) is 21.1. The summed E-state index contributed by atoms with van der Waals surface area (Å²) in [6.45, 7) is 0. The van der Waals surface area contributed by atoms with E-state index in [0.29, 0.717) is 0 Å². The van der Waals surface area contributed by atoms with Gasteiger partial charge in [-0.05, 0) is 18.2 Å². The first-order chi connectivity index (χ1) is 10.2. The molecule has 0 spiro atoms. The molecule has 0 bridgehead atoms. The molecule has 1 aliphatic rings. The highest BCUT2D eigenvalue weighted by Crippen LogP contribution is 2.44. The standard InChI is InChI=1S/C17H18N2S2/c1-18-15(13-9-5-3-6-10-13)19(2)17(20)21-16(18)14-11-7-4-8-12-14/h3-12,15-16H,1-2H3/t15-,16-/m0/s1. The normalized spacial score (nSPS) is 23.3. The van der Waals surface area contributed by atoms with E-state index in [4.69, 9.17) is 12.2 Å². The summed E-state index contributed by atoms with van der Waals surface area (Å²) in [6.07, 6.45) is 0.171. The molecule has 2 atom stereocenters. The van der Waals surface area contributed by atoms with Gasteiger partial charge in [0.05, 0.1) is 5.37 Å². The number of thiocarbonyl (C=S) groups is 1. The van der Waals surface area contributed by atoms with Gasteiger partial charge in [0.2, 0.25) is 0 Å². The molecule has 0 radical (unpaired) electrons. The minimum atomic E-state index is 0.171. The largest absolute Gasteiger partial charge is 0.341 e. The summed E-state index contributed by atoms with van der Waals surface area (Å²) < 4.78 is 0.941. The van der Waals surface area contributed by atoms with Crippen LogP contribution in [0.25, 0.3) is 0 Å². The lowest BCUT2D eigenvalue weighted by Gasteiger charge is -2.46. The first kappa shape index (κ1) is 14.6. The monoisotopic (exact) mass is 314 g/mol. The molecule has 1 fully saturated rings. The Balaban J connectivity index is 1.98. The van der Waals surface area contributed by atoms with Crippen LogP contribution < -0.4 is 0 Å². The Morgan fingerprint density at radius 1 is 0.857 bits per heavy atom. The fourth-order valence-corrected chi connectivity index (χ4v) is 4.17. The van der Waals surface area contributed by atoms with E-state index in [2.05, 4.69) is 78.5 Å². The highest BCUT2D eigenvalue weighted by Gasteiger charge is 2.36. The molecule has 3 rings (SSSR count). The topological polar surface area (TPSA) is 6.48 Å². The molecule has 0 saturated carbocycles. The van der Waals surface area contributed by atoms with Crippen molar-refractivity contribution in [3.05, 3.63) is 71.8 Å². The average molecular weight is 314 g/mol. The quantitative estimate of drug-likeness (QED) is 0.763. The Bertz CT molecular complexity index is 615. The second kappa shape index (κ2) is 6.18. The van der Waals surface area contributed by atoms with E-state index in [0.717, 1.165) is 4.32 Å². The van der Waals surface area contributed by atoms with Gasteiger partial charge in [-0.25, -0.2) is 0 Å². The van der Waals surface area contributed by atoms with Crippen LogP contribution >= 0.6 is 24.0 Å². The maximum absolute atomic E-state index is 5.60. The Labute approximate surface area is 135 Å². The van der Waals surface area contributed by atoms with E-state index < -0.39 is 0 Å². The lowest BCUT2D eigenvalue weighted by Crippen LogP contribution is -2.45.